The first-order chi connectivity index (χ1) is 18.3. The lowest BCUT2D eigenvalue weighted by molar-refractivity contribution is 0.0271. The Bertz CT molecular complexity index is 1320. The molecule has 0 radical (unpaired) electrons. The first kappa shape index (κ1) is 27.9. The predicted octanol–water partition coefficient (Wildman–Crippen LogP) is 4.09. The van der Waals surface area contributed by atoms with Crippen LogP contribution >= 0.6 is 0 Å². The summed E-state index contributed by atoms with van der Waals surface area (Å²) in [5.74, 6) is 2.79. The van der Waals surface area contributed by atoms with Crippen LogP contribution in [0.15, 0.2) is 36.5 Å². The number of benzene rings is 2. The summed E-state index contributed by atoms with van der Waals surface area (Å²) in [5.41, 5.74) is 0.991. The van der Waals surface area contributed by atoms with Crippen LogP contribution in [0.5, 0.6) is 5.75 Å². The minimum Gasteiger partial charge on any atom is -0.497 e. The summed E-state index contributed by atoms with van der Waals surface area (Å²) in [4.78, 5) is 6.41. The second-order valence-corrected chi connectivity index (χ2v) is 9.77. The van der Waals surface area contributed by atoms with Crippen molar-refractivity contribution in [1.29, 1.82) is 0 Å². The van der Waals surface area contributed by atoms with Gasteiger partial charge in [-0.2, -0.15) is 0 Å². The van der Waals surface area contributed by atoms with Gasteiger partial charge in [-0.15, -0.1) is 0 Å². The van der Waals surface area contributed by atoms with Crippen LogP contribution in [-0.4, -0.2) is 58.6 Å². The lowest BCUT2D eigenvalue weighted by Crippen LogP contribution is -2.42. The van der Waals surface area contributed by atoms with E-state index in [1.54, 1.807) is 31.5 Å². The highest BCUT2D eigenvalue weighted by Gasteiger charge is 2.34. The molecule has 0 unspecified atom stereocenters. The van der Waals surface area contributed by atoms with E-state index in [1.165, 1.54) is 0 Å². The fourth-order valence-electron chi connectivity index (χ4n) is 5.04. The molecule has 1 aliphatic rings. The average Bonchev–Trinajstić information content (AvgIpc) is 2.92. The Labute approximate surface area is 219 Å². The van der Waals surface area contributed by atoms with Gasteiger partial charge in [-0.25, -0.2) is 13.2 Å². The van der Waals surface area contributed by atoms with E-state index in [-0.39, 0.29) is 25.2 Å². The van der Waals surface area contributed by atoms with Crippen molar-refractivity contribution in [2.24, 2.45) is 5.41 Å². The standard InChI is InChI=1S/C29H31F3N2O4/c1-38-21-4-5-26-23(15-21)28(19(17-35)16-33-26)27(37)6-7-29(18-36)8-11-34(12-9-29)10-2-3-22-24(31)13-20(30)14-25(22)32/h4-5,13-16,27,35-37H,6-12,17-18H2,1H3/t27-/m0/s1. The molecule has 0 saturated carbocycles. The number of pyridine rings is 1. The van der Waals surface area contributed by atoms with Gasteiger partial charge in [0.2, 0.25) is 0 Å². The molecule has 3 N–H and O–H groups in total. The van der Waals surface area contributed by atoms with Crippen molar-refractivity contribution >= 4 is 10.9 Å². The van der Waals surface area contributed by atoms with Crippen LogP contribution in [0.25, 0.3) is 10.9 Å². The van der Waals surface area contributed by atoms with Gasteiger partial charge in [-0.1, -0.05) is 11.8 Å². The molecule has 1 aliphatic heterocycles. The van der Waals surface area contributed by atoms with Crippen molar-refractivity contribution in [3.63, 3.8) is 0 Å². The van der Waals surface area contributed by atoms with E-state index >= 15 is 0 Å². The smallest absolute Gasteiger partial charge is 0.144 e. The minimum atomic E-state index is -1.03. The lowest BCUT2D eigenvalue weighted by atomic mass is 9.74. The van der Waals surface area contributed by atoms with E-state index < -0.39 is 29.1 Å². The SMILES string of the molecule is COc1ccc2ncc(CO)c([C@@H](O)CCC3(CO)CCN(CC#Cc4c(F)cc(F)cc4F)CC3)c2c1. The second-order valence-electron chi connectivity index (χ2n) is 9.77. The number of rotatable bonds is 8. The fraction of sp³-hybridized carbons (Fsp3) is 0.414. The normalized spacial score (nSPS) is 16.2. The summed E-state index contributed by atoms with van der Waals surface area (Å²) in [6.07, 6.45) is 2.96. The van der Waals surface area contributed by atoms with Crippen molar-refractivity contribution in [2.45, 2.75) is 38.4 Å². The Morgan fingerprint density at radius 1 is 1.11 bits per heavy atom. The number of ether oxygens (including phenoxy) is 1. The monoisotopic (exact) mass is 528 g/mol. The number of piperidine rings is 1. The van der Waals surface area contributed by atoms with Crippen LogP contribution in [-0.2, 0) is 6.61 Å². The first-order valence-corrected chi connectivity index (χ1v) is 12.5. The van der Waals surface area contributed by atoms with Crippen molar-refractivity contribution in [3.8, 4) is 17.6 Å². The quantitative estimate of drug-likeness (QED) is 0.382. The third kappa shape index (κ3) is 6.11. The van der Waals surface area contributed by atoms with E-state index in [1.807, 2.05) is 4.90 Å². The zero-order chi connectivity index (χ0) is 27.3. The fourth-order valence-corrected chi connectivity index (χ4v) is 5.04. The molecule has 1 atom stereocenters. The van der Waals surface area contributed by atoms with Crippen LogP contribution in [0, 0.1) is 34.7 Å². The van der Waals surface area contributed by atoms with E-state index in [9.17, 15) is 28.5 Å². The predicted molar refractivity (Wildman–Crippen MR) is 137 cm³/mol. The molecule has 4 rings (SSSR count). The van der Waals surface area contributed by atoms with Gasteiger partial charge >= 0.3 is 0 Å². The summed E-state index contributed by atoms with van der Waals surface area (Å²) in [7, 11) is 1.56. The molecule has 0 spiro atoms. The Balaban J connectivity index is 1.40. The van der Waals surface area contributed by atoms with Gasteiger partial charge in [-0.05, 0) is 68.0 Å². The number of aromatic nitrogens is 1. The Kier molecular flexibility index (Phi) is 8.90. The summed E-state index contributed by atoms with van der Waals surface area (Å²) >= 11 is 0. The molecule has 0 aliphatic carbocycles. The summed E-state index contributed by atoms with van der Waals surface area (Å²) in [6, 6.07) is 6.60. The zero-order valence-corrected chi connectivity index (χ0v) is 21.2. The molecule has 0 amide bonds. The number of halogens is 3. The van der Waals surface area contributed by atoms with Crippen LogP contribution in [0.2, 0.25) is 0 Å². The Morgan fingerprint density at radius 2 is 1.82 bits per heavy atom. The molecule has 3 aromatic rings. The molecular weight excluding hydrogens is 497 g/mol. The van der Waals surface area contributed by atoms with Crippen LogP contribution in [0.1, 0.15) is 48.5 Å². The Hall–Kier alpha value is -3.16. The largest absolute Gasteiger partial charge is 0.497 e. The summed E-state index contributed by atoms with van der Waals surface area (Å²) in [6.45, 7) is 1.22. The highest BCUT2D eigenvalue weighted by molar-refractivity contribution is 5.85. The van der Waals surface area contributed by atoms with Gasteiger partial charge in [0.15, 0.2) is 0 Å². The number of nitrogens with zero attached hydrogens (tertiary/aromatic N) is 2. The minimum absolute atomic E-state index is 0.0387. The highest BCUT2D eigenvalue weighted by atomic mass is 19.1. The van der Waals surface area contributed by atoms with Crippen molar-refractivity contribution < 1.29 is 33.2 Å². The number of likely N-dealkylation sites (tertiary alicyclic amines) is 1. The van der Waals surface area contributed by atoms with Crippen LogP contribution in [0.4, 0.5) is 13.2 Å². The van der Waals surface area contributed by atoms with Gasteiger partial charge in [0.05, 0.1) is 37.4 Å². The van der Waals surface area contributed by atoms with E-state index in [4.69, 9.17) is 4.74 Å². The third-order valence-electron chi connectivity index (χ3n) is 7.43. The summed E-state index contributed by atoms with van der Waals surface area (Å²) < 4.78 is 46.0. The van der Waals surface area contributed by atoms with Crippen LogP contribution < -0.4 is 4.74 Å². The lowest BCUT2D eigenvalue weighted by Gasteiger charge is -2.40. The number of aliphatic hydroxyl groups excluding tert-OH is 3. The van der Waals surface area contributed by atoms with Crippen LogP contribution in [0.3, 0.4) is 0 Å². The number of methoxy groups -OCH3 is 1. The van der Waals surface area contributed by atoms with Gasteiger partial charge in [0, 0.05) is 35.9 Å². The van der Waals surface area contributed by atoms with Gasteiger partial charge in [0.1, 0.15) is 23.2 Å². The highest BCUT2D eigenvalue weighted by Crippen LogP contribution is 2.39. The average molecular weight is 529 g/mol. The number of hydrogen-bond donors (Lipinski definition) is 3. The molecule has 0 bridgehead atoms. The Morgan fingerprint density at radius 3 is 2.45 bits per heavy atom. The molecule has 2 aromatic carbocycles. The topological polar surface area (TPSA) is 86.0 Å². The van der Waals surface area contributed by atoms with Gasteiger partial charge < -0.3 is 20.1 Å². The number of hydrogen-bond acceptors (Lipinski definition) is 6. The van der Waals surface area contributed by atoms with Gasteiger partial charge in [0.25, 0.3) is 0 Å². The summed E-state index contributed by atoms with van der Waals surface area (Å²) in [5, 5.41) is 32.0. The van der Waals surface area contributed by atoms with Crippen molar-refractivity contribution in [3.05, 3.63) is 70.7 Å². The number of fused-ring (bicyclic) bond motifs is 1. The maximum absolute atomic E-state index is 13.8. The van der Waals surface area contributed by atoms with E-state index in [2.05, 4.69) is 16.8 Å². The maximum Gasteiger partial charge on any atom is 0.144 e. The third-order valence-corrected chi connectivity index (χ3v) is 7.43. The molecular formula is C29H31F3N2O4. The first-order valence-electron chi connectivity index (χ1n) is 12.5. The van der Waals surface area contributed by atoms with Crippen molar-refractivity contribution in [1.82, 2.24) is 9.88 Å². The second kappa shape index (κ2) is 12.1. The molecule has 38 heavy (non-hydrogen) atoms. The molecule has 1 saturated heterocycles. The molecule has 202 valence electrons. The molecule has 6 nitrogen and oxygen atoms in total. The molecule has 1 aromatic heterocycles. The molecule has 9 heteroatoms. The maximum atomic E-state index is 13.8. The number of aliphatic hydroxyl groups is 3. The van der Waals surface area contributed by atoms with E-state index in [0.29, 0.717) is 78.7 Å². The van der Waals surface area contributed by atoms with Crippen molar-refractivity contribution in [2.75, 3.05) is 33.4 Å². The molecule has 1 fully saturated rings. The zero-order valence-electron chi connectivity index (χ0n) is 21.2. The molecule has 2 heterocycles. The van der Waals surface area contributed by atoms with E-state index in [0.717, 1.165) is 0 Å². The van der Waals surface area contributed by atoms with Gasteiger partial charge in [-0.3, -0.25) is 9.88 Å².